The number of hydrogen-bond donors (Lipinski definition) is 0. The van der Waals surface area contributed by atoms with E-state index in [1.54, 1.807) is 0 Å². The van der Waals surface area contributed by atoms with Crippen molar-refractivity contribution in [1.82, 2.24) is 19.3 Å². The van der Waals surface area contributed by atoms with Crippen LogP contribution in [0.4, 0.5) is 0 Å². The third kappa shape index (κ3) is 6.87. The molecule has 0 aliphatic heterocycles. The van der Waals surface area contributed by atoms with Gasteiger partial charge >= 0.3 is 21.1 Å². The molecule has 0 N–H and O–H groups in total. The van der Waals surface area contributed by atoms with E-state index in [1.807, 2.05) is 12.3 Å². The molecule has 0 saturated carbocycles. The van der Waals surface area contributed by atoms with Crippen LogP contribution < -0.4 is 4.74 Å². The summed E-state index contributed by atoms with van der Waals surface area (Å²) in [6.07, 6.45) is 6.49. The van der Waals surface area contributed by atoms with Gasteiger partial charge in [0.15, 0.2) is 0 Å². The summed E-state index contributed by atoms with van der Waals surface area (Å²) >= 11 is 0. The van der Waals surface area contributed by atoms with E-state index in [-0.39, 0.29) is 32.4 Å². The number of para-hydroxylation sites is 1. The van der Waals surface area contributed by atoms with Crippen molar-refractivity contribution < 1.29 is 25.8 Å². The van der Waals surface area contributed by atoms with Crippen molar-refractivity contribution in [2.24, 2.45) is 11.8 Å². The number of pyridine rings is 1. The molecule has 266 valence electrons. The molecule has 51 heavy (non-hydrogen) atoms. The number of rotatable bonds is 7. The standard InChI is InChI=1S/C45H50N4O.Pt/c1-11-32-18-19-46-41(22-32)48-39-15-13-12-14-37(39)38-17-16-35(26-40(38)48)50-36-24-33(27(2)3)23-34(25-36)49-44(45(8,9)10)43(31(7)47-49)42-29(5)20-28(4)21-30(42)6;/h12-20,22-24,27-28,30,42H,11,21H2,1-10H3;/q-2;+2/t28-,30-,42?;/m0./s1. The minimum atomic E-state index is -0.141. The van der Waals surface area contributed by atoms with Gasteiger partial charge in [-0.15, -0.1) is 41.3 Å². The number of fused-ring (bicyclic) bond motifs is 3. The molecule has 3 atom stereocenters. The van der Waals surface area contributed by atoms with Gasteiger partial charge < -0.3 is 9.30 Å². The Labute approximate surface area is 318 Å². The van der Waals surface area contributed by atoms with Gasteiger partial charge in [-0.2, -0.15) is 11.2 Å². The van der Waals surface area contributed by atoms with Crippen LogP contribution in [0.5, 0.6) is 11.5 Å². The summed E-state index contributed by atoms with van der Waals surface area (Å²) in [5, 5.41) is 7.54. The third-order valence-corrected chi connectivity index (χ3v) is 10.4. The minimum Gasteiger partial charge on any atom is -0.509 e. The molecule has 1 aliphatic carbocycles. The number of nitrogens with zero attached hydrogens (tertiary/aromatic N) is 4. The number of aromatic nitrogens is 4. The Morgan fingerprint density at radius 2 is 1.71 bits per heavy atom. The van der Waals surface area contributed by atoms with Crippen LogP contribution >= 0.6 is 0 Å². The van der Waals surface area contributed by atoms with Crippen LogP contribution in [0.15, 0.2) is 78.5 Å². The number of benzene rings is 3. The van der Waals surface area contributed by atoms with Crippen molar-refractivity contribution in [3.8, 4) is 23.0 Å². The third-order valence-electron chi connectivity index (χ3n) is 10.4. The predicted octanol–water partition coefficient (Wildman–Crippen LogP) is 11.8. The van der Waals surface area contributed by atoms with Crippen molar-refractivity contribution >= 4 is 21.8 Å². The average molecular weight is 858 g/mol. The number of allylic oxidation sites excluding steroid dienone is 2. The van der Waals surface area contributed by atoms with Gasteiger partial charge in [0.1, 0.15) is 5.82 Å². The molecule has 7 rings (SSSR count). The van der Waals surface area contributed by atoms with Crippen LogP contribution in [0.25, 0.3) is 33.3 Å². The Morgan fingerprint density at radius 3 is 2.41 bits per heavy atom. The van der Waals surface area contributed by atoms with Gasteiger partial charge in [0.2, 0.25) is 0 Å². The molecule has 0 fully saturated rings. The van der Waals surface area contributed by atoms with E-state index in [9.17, 15) is 0 Å². The zero-order chi connectivity index (χ0) is 35.5. The quantitative estimate of drug-likeness (QED) is 0.119. The predicted molar refractivity (Wildman–Crippen MR) is 206 cm³/mol. The maximum absolute atomic E-state index is 6.70. The molecule has 0 radical (unpaired) electrons. The average Bonchev–Trinajstić information content (AvgIpc) is 3.59. The van der Waals surface area contributed by atoms with E-state index < -0.39 is 0 Å². The first-order valence-corrected chi connectivity index (χ1v) is 18.3. The fourth-order valence-corrected chi connectivity index (χ4v) is 8.26. The van der Waals surface area contributed by atoms with Crippen LogP contribution in [0, 0.1) is 30.9 Å². The molecule has 0 saturated heterocycles. The van der Waals surface area contributed by atoms with Crippen molar-refractivity contribution in [3.63, 3.8) is 0 Å². The normalized spacial score (nSPS) is 17.9. The Morgan fingerprint density at radius 1 is 0.941 bits per heavy atom. The molecule has 5 nitrogen and oxygen atoms in total. The second kappa shape index (κ2) is 14.2. The molecule has 3 heterocycles. The molecule has 0 spiro atoms. The molecular formula is C45H50N4OPt. The maximum Gasteiger partial charge on any atom is 2.00 e. The summed E-state index contributed by atoms with van der Waals surface area (Å²) in [6.45, 7) is 22.7. The second-order valence-corrected chi connectivity index (χ2v) is 15.8. The van der Waals surface area contributed by atoms with Gasteiger partial charge in [0.05, 0.1) is 11.4 Å². The van der Waals surface area contributed by atoms with E-state index in [4.69, 9.17) is 14.8 Å². The smallest absolute Gasteiger partial charge is 0.509 e. The van der Waals surface area contributed by atoms with Gasteiger partial charge in [0.25, 0.3) is 0 Å². The van der Waals surface area contributed by atoms with Crippen molar-refractivity contribution in [1.29, 1.82) is 0 Å². The Hall–Kier alpha value is -3.95. The summed E-state index contributed by atoms with van der Waals surface area (Å²) in [5.74, 6) is 3.94. The van der Waals surface area contributed by atoms with Gasteiger partial charge in [0, 0.05) is 40.1 Å². The first-order chi connectivity index (χ1) is 23.8. The van der Waals surface area contributed by atoms with Gasteiger partial charge in [-0.3, -0.25) is 4.68 Å². The van der Waals surface area contributed by atoms with Crippen LogP contribution in [0.1, 0.15) is 109 Å². The van der Waals surface area contributed by atoms with Gasteiger partial charge in [-0.05, 0) is 79.3 Å². The zero-order valence-corrected chi connectivity index (χ0v) is 33.9. The minimum absolute atomic E-state index is 0. The van der Waals surface area contributed by atoms with E-state index in [2.05, 4.69) is 151 Å². The van der Waals surface area contributed by atoms with Crippen LogP contribution in [0.2, 0.25) is 0 Å². The van der Waals surface area contributed by atoms with E-state index in [1.165, 1.54) is 34.4 Å². The Bertz CT molecular complexity index is 2250. The number of hydrogen-bond acceptors (Lipinski definition) is 3. The number of aryl methyl sites for hydroxylation is 2. The van der Waals surface area contributed by atoms with Gasteiger partial charge in [-0.25, -0.2) is 4.98 Å². The zero-order valence-electron chi connectivity index (χ0n) is 31.7. The fourth-order valence-electron chi connectivity index (χ4n) is 8.26. The summed E-state index contributed by atoms with van der Waals surface area (Å²) in [4.78, 5) is 4.79. The molecule has 1 aliphatic rings. The maximum atomic E-state index is 6.70. The topological polar surface area (TPSA) is 44.9 Å². The van der Waals surface area contributed by atoms with Gasteiger partial charge in [-0.1, -0.05) is 90.8 Å². The first kappa shape index (κ1) is 36.8. The van der Waals surface area contributed by atoms with Crippen molar-refractivity contribution in [2.75, 3.05) is 0 Å². The molecule has 1 unspecified atom stereocenters. The molecule has 3 aromatic carbocycles. The molecule has 6 aromatic rings. The van der Waals surface area contributed by atoms with E-state index >= 15 is 0 Å². The summed E-state index contributed by atoms with van der Waals surface area (Å²) in [5.41, 5.74) is 10.4. The fraction of sp³-hybridized carbons (Fsp3) is 0.378. The first-order valence-electron chi connectivity index (χ1n) is 18.3. The summed E-state index contributed by atoms with van der Waals surface area (Å²) in [6, 6.07) is 28.5. The van der Waals surface area contributed by atoms with Crippen molar-refractivity contribution in [2.45, 2.75) is 99.3 Å². The largest absolute Gasteiger partial charge is 2.00 e. The Kier molecular flexibility index (Phi) is 10.3. The summed E-state index contributed by atoms with van der Waals surface area (Å²) < 4.78 is 11.1. The monoisotopic (exact) mass is 857 g/mol. The Balaban J connectivity index is 0.00000448. The molecule has 0 bridgehead atoms. The molecule has 3 aromatic heterocycles. The molecule has 0 amide bonds. The summed E-state index contributed by atoms with van der Waals surface area (Å²) in [7, 11) is 0. The van der Waals surface area contributed by atoms with Crippen molar-refractivity contribution in [3.05, 3.63) is 119 Å². The molecular weight excluding hydrogens is 808 g/mol. The molecule has 6 heteroatoms. The van der Waals surface area contributed by atoms with E-state index in [0.29, 0.717) is 29.3 Å². The van der Waals surface area contributed by atoms with Crippen LogP contribution in [-0.4, -0.2) is 19.3 Å². The second-order valence-electron chi connectivity index (χ2n) is 15.8. The van der Waals surface area contributed by atoms with Crippen LogP contribution in [-0.2, 0) is 32.9 Å². The number of ether oxygens (including phenoxy) is 1. The van der Waals surface area contributed by atoms with E-state index in [0.717, 1.165) is 45.4 Å². The SMILES string of the molecule is CCc1ccnc(-n2c3[c-]c(Oc4[c-]c(-n5nc(C)c(C6C(C)=C[C@H](C)C[C@@H]6C)c5C(C)(C)C)cc(C(C)C)c4)ccc3c3ccccc32)c1.[Pt+2]. The van der Waals surface area contributed by atoms with Crippen LogP contribution in [0.3, 0.4) is 0 Å².